The number of hydrogen-bond donors (Lipinski definition) is 2. The van der Waals surface area contributed by atoms with Crippen molar-refractivity contribution in [2.75, 3.05) is 7.05 Å². The molecule has 0 saturated carbocycles. The van der Waals surface area contributed by atoms with E-state index < -0.39 is 5.91 Å². The molecule has 0 spiro atoms. The van der Waals surface area contributed by atoms with E-state index in [9.17, 15) is 4.79 Å². The summed E-state index contributed by atoms with van der Waals surface area (Å²) < 4.78 is 1.65. The van der Waals surface area contributed by atoms with Gasteiger partial charge in [0.2, 0.25) is 0 Å². The number of nitrogens with two attached hydrogens (primary N) is 1. The van der Waals surface area contributed by atoms with Crippen molar-refractivity contribution in [3.63, 3.8) is 0 Å². The first kappa shape index (κ1) is 15.9. The fourth-order valence-corrected chi connectivity index (χ4v) is 2.81. The van der Waals surface area contributed by atoms with Crippen LogP contribution in [0.5, 0.6) is 0 Å². The van der Waals surface area contributed by atoms with Crippen LogP contribution in [0.3, 0.4) is 0 Å². The van der Waals surface area contributed by atoms with Gasteiger partial charge in [0.15, 0.2) is 0 Å². The SMILES string of the molecule is CN[C@](C)(I)c1ccc(-n2cc3cccc(C(N)=O)c3n2)cc1. The third-order valence-electron chi connectivity index (χ3n) is 3.95. The van der Waals surface area contributed by atoms with E-state index in [0.717, 1.165) is 11.1 Å². The van der Waals surface area contributed by atoms with Crippen molar-refractivity contribution in [1.29, 1.82) is 0 Å². The molecule has 0 unspecified atom stereocenters. The zero-order chi connectivity index (χ0) is 16.6. The minimum absolute atomic E-state index is 0.121. The summed E-state index contributed by atoms with van der Waals surface area (Å²) in [6, 6.07) is 13.6. The molecule has 1 aromatic heterocycles. The molecule has 3 N–H and O–H groups in total. The van der Waals surface area contributed by atoms with Crippen LogP contribution >= 0.6 is 22.6 Å². The second-order valence-corrected chi connectivity index (χ2v) is 7.64. The van der Waals surface area contributed by atoms with E-state index in [4.69, 9.17) is 5.73 Å². The molecule has 0 aliphatic rings. The first-order valence-electron chi connectivity index (χ1n) is 7.19. The van der Waals surface area contributed by atoms with E-state index >= 15 is 0 Å². The van der Waals surface area contributed by atoms with Crippen LogP contribution in [0.4, 0.5) is 0 Å². The number of amides is 1. The summed E-state index contributed by atoms with van der Waals surface area (Å²) in [5.74, 6) is -0.467. The fourth-order valence-electron chi connectivity index (χ4n) is 2.45. The highest BCUT2D eigenvalue weighted by Crippen LogP contribution is 2.28. The standard InChI is InChI=1S/C17H17IN4O/c1-17(18,20-2)12-6-8-13(9-7-12)22-10-11-4-3-5-14(16(19)23)15(11)21-22/h3-10,20H,1-2H3,(H2,19,23)/t17-/m0/s1. The minimum Gasteiger partial charge on any atom is -0.366 e. The topological polar surface area (TPSA) is 72.9 Å². The van der Waals surface area contributed by atoms with Crippen LogP contribution in [-0.2, 0) is 3.55 Å². The van der Waals surface area contributed by atoms with Crippen LogP contribution < -0.4 is 11.1 Å². The number of aromatic nitrogens is 2. The highest BCUT2D eigenvalue weighted by Gasteiger charge is 2.19. The highest BCUT2D eigenvalue weighted by molar-refractivity contribution is 14.1. The molecule has 1 amide bonds. The van der Waals surface area contributed by atoms with Crippen LogP contribution in [0.25, 0.3) is 16.6 Å². The molecule has 1 heterocycles. The first-order valence-corrected chi connectivity index (χ1v) is 8.27. The van der Waals surface area contributed by atoms with Gasteiger partial charge in [0.1, 0.15) is 5.52 Å². The Morgan fingerprint density at radius 3 is 2.57 bits per heavy atom. The molecule has 0 aliphatic carbocycles. The lowest BCUT2D eigenvalue weighted by atomic mass is 10.1. The molecular weight excluding hydrogens is 403 g/mol. The first-order chi connectivity index (χ1) is 10.9. The predicted molar refractivity (Wildman–Crippen MR) is 100 cm³/mol. The Balaban J connectivity index is 2.04. The van der Waals surface area contributed by atoms with Gasteiger partial charge >= 0.3 is 0 Å². The normalized spacial score (nSPS) is 13.9. The van der Waals surface area contributed by atoms with Gasteiger partial charge in [0.05, 0.1) is 14.8 Å². The number of carbonyl (C=O) groups is 1. The summed E-state index contributed by atoms with van der Waals surface area (Å²) in [5.41, 5.74) is 8.59. The molecular formula is C17H17IN4O. The lowest BCUT2D eigenvalue weighted by Crippen LogP contribution is -2.29. The molecule has 23 heavy (non-hydrogen) atoms. The van der Waals surface area contributed by atoms with Crippen LogP contribution in [0.2, 0.25) is 0 Å². The number of nitrogens with one attached hydrogen (secondary N) is 1. The molecule has 5 nitrogen and oxygen atoms in total. The number of primary amides is 1. The molecule has 118 valence electrons. The van der Waals surface area contributed by atoms with Crippen molar-refractivity contribution >= 4 is 39.4 Å². The van der Waals surface area contributed by atoms with Gasteiger partial charge in [-0.15, -0.1) is 0 Å². The average molecular weight is 420 g/mol. The van der Waals surface area contributed by atoms with Crippen LogP contribution in [0.15, 0.2) is 48.7 Å². The summed E-state index contributed by atoms with van der Waals surface area (Å²) >= 11 is 2.37. The lowest BCUT2D eigenvalue weighted by Gasteiger charge is -2.22. The largest absolute Gasteiger partial charge is 0.366 e. The van der Waals surface area contributed by atoms with Gasteiger partial charge in [0.25, 0.3) is 5.91 Å². The third-order valence-corrected chi connectivity index (χ3v) is 5.11. The smallest absolute Gasteiger partial charge is 0.250 e. The fraction of sp³-hybridized carbons (Fsp3) is 0.176. The monoisotopic (exact) mass is 420 g/mol. The predicted octanol–water partition coefficient (Wildman–Crippen LogP) is 2.95. The number of rotatable bonds is 4. The Morgan fingerprint density at radius 2 is 1.96 bits per heavy atom. The molecule has 0 saturated heterocycles. The van der Waals surface area contributed by atoms with E-state index in [0.29, 0.717) is 11.1 Å². The van der Waals surface area contributed by atoms with Crippen molar-refractivity contribution < 1.29 is 4.79 Å². The van der Waals surface area contributed by atoms with Gasteiger partial charge < -0.3 is 11.1 Å². The lowest BCUT2D eigenvalue weighted by molar-refractivity contribution is 0.100. The Bertz CT molecular complexity index is 868. The molecule has 0 bridgehead atoms. The third kappa shape index (κ3) is 2.96. The van der Waals surface area contributed by atoms with Gasteiger partial charge in [-0.2, -0.15) is 5.10 Å². The molecule has 2 aromatic carbocycles. The number of hydrogen-bond acceptors (Lipinski definition) is 3. The zero-order valence-corrected chi connectivity index (χ0v) is 15.0. The van der Waals surface area contributed by atoms with Gasteiger partial charge in [0, 0.05) is 11.6 Å². The van der Waals surface area contributed by atoms with Gasteiger partial charge in [-0.25, -0.2) is 4.68 Å². The molecule has 0 radical (unpaired) electrons. The number of alkyl halides is 1. The second-order valence-electron chi connectivity index (χ2n) is 5.48. The summed E-state index contributed by atoms with van der Waals surface area (Å²) in [6.07, 6.45) is 1.90. The van der Waals surface area contributed by atoms with Gasteiger partial charge in [-0.05, 0) is 37.7 Å². The van der Waals surface area contributed by atoms with Crippen molar-refractivity contribution in [2.45, 2.75) is 10.5 Å². The van der Waals surface area contributed by atoms with Crippen molar-refractivity contribution in [3.8, 4) is 5.69 Å². The molecule has 1 atom stereocenters. The number of carbonyl (C=O) groups excluding carboxylic acids is 1. The number of fused-ring (bicyclic) bond motifs is 1. The van der Waals surface area contributed by atoms with E-state index in [-0.39, 0.29) is 3.55 Å². The molecule has 3 aromatic rings. The maximum absolute atomic E-state index is 11.5. The molecule has 0 aliphatic heterocycles. The molecule has 3 rings (SSSR count). The highest BCUT2D eigenvalue weighted by atomic mass is 127. The molecule has 0 fully saturated rings. The Kier molecular flexibility index (Phi) is 4.11. The molecule has 6 heteroatoms. The van der Waals surface area contributed by atoms with Crippen LogP contribution in [0.1, 0.15) is 22.8 Å². The average Bonchev–Trinajstić information content (AvgIpc) is 2.98. The van der Waals surface area contributed by atoms with Crippen molar-refractivity contribution in [2.24, 2.45) is 5.73 Å². The summed E-state index contributed by atoms with van der Waals surface area (Å²) in [7, 11) is 1.94. The summed E-state index contributed by atoms with van der Waals surface area (Å²) in [6.45, 7) is 2.11. The quantitative estimate of drug-likeness (QED) is 0.387. The van der Waals surface area contributed by atoms with E-state index in [1.807, 2.05) is 37.5 Å². The Hall–Kier alpha value is -1.93. The minimum atomic E-state index is -0.467. The Morgan fingerprint density at radius 1 is 1.26 bits per heavy atom. The van der Waals surface area contributed by atoms with Crippen molar-refractivity contribution in [1.82, 2.24) is 15.1 Å². The van der Waals surface area contributed by atoms with Crippen LogP contribution in [0, 0.1) is 0 Å². The summed E-state index contributed by atoms with van der Waals surface area (Å²) in [5, 5.41) is 8.67. The van der Waals surface area contributed by atoms with Crippen LogP contribution in [-0.4, -0.2) is 22.7 Å². The Labute approximate surface area is 148 Å². The maximum atomic E-state index is 11.5. The zero-order valence-electron chi connectivity index (χ0n) is 12.9. The number of benzene rings is 2. The van der Waals surface area contributed by atoms with Gasteiger partial charge in [-0.1, -0.05) is 46.9 Å². The van der Waals surface area contributed by atoms with E-state index in [2.05, 4.69) is 52.1 Å². The van der Waals surface area contributed by atoms with E-state index in [1.54, 1.807) is 10.7 Å². The van der Waals surface area contributed by atoms with Crippen molar-refractivity contribution in [3.05, 3.63) is 59.8 Å². The number of halogens is 1. The van der Waals surface area contributed by atoms with Gasteiger partial charge in [-0.3, -0.25) is 4.79 Å². The second kappa shape index (κ2) is 5.93. The maximum Gasteiger partial charge on any atom is 0.250 e. The number of nitrogens with zero attached hydrogens (tertiary/aromatic N) is 2. The summed E-state index contributed by atoms with van der Waals surface area (Å²) in [4.78, 5) is 11.5. The van der Waals surface area contributed by atoms with E-state index in [1.165, 1.54) is 5.56 Å².